The van der Waals surface area contributed by atoms with Crippen LogP contribution in [0, 0.1) is 11.6 Å². The van der Waals surface area contributed by atoms with E-state index in [-0.39, 0.29) is 37.3 Å². The molecule has 1 fully saturated rings. The monoisotopic (exact) mass is 426 g/mol. The van der Waals surface area contributed by atoms with Crippen molar-refractivity contribution in [2.45, 2.75) is 19.0 Å². The van der Waals surface area contributed by atoms with Crippen molar-refractivity contribution in [3.63, 3.8) is 0 Å². The van der Waals surface area contributed by atoms with Gasteiger partial charge in [0.2, 0.25) is 5.91 Å². The lowest BCUT2D eigenvalue weighted by Gasteiger charge is -2.23. The van der Waals surface area contributed by atoms with Crippen molar-refractivity contribution >= 4 is 11.8 Å². The Morgan fingerprint density at radius 2 is 1.57 bits per heavy atom. The topological polar surface area (TPSA) is 40.6 Å². The van der Waals surface area contributed by atoms with E-state index in [1.165, 1.54) is 28.0 Å². The van der Waals surface area contributed by atoms with Crippen LogP contribution in [0.1, 0.15) is 27.9 Å². The number of nitrogens with zero attached hydrogens (tertiary/aromatic N) is 2. The molecule has 1 aliphatic rings. The van der Waals surface area contributed by atoms with Crippen molar-refractivity contribution in [2.24, 2.45) is 0 Å². The fourth-order valence-electron chi connectivity index (χ4n) is 3.43. The molecule has 0 spiro atoms. The van der Waals surface area contributed by atoms with E-state index in [9.17, 15) is 31.5 Å². The van der Waals surface area contributed by atoms with Crippen LogP contribution in [-0.2, 0) is 17.4 Å². The maximum atomic E-state index is 13.9. The van der Waals surface area contributed by atoms with Crippen LogP contribution in [0.3, 0.4) is 0 Å². The van der Waals surface area contributed by atoms with Crippen molar-refractivity contribution in [2.75, 3.05) is 26.2 Å². The molecule has 1 saturated heterocycles. The van der Waals surface area contributed by atoms with E-state index in [1.807, 2.05) is 0 Å². The number of halogens is 5. The third kappa shape index (κ3) is 4.95. The first-order valence-electron chi connectivity index (χ1n) is 9.34. The Labute approximate surface area is 169 Å². The molecule has 0 saturated carbocycles. The van der Waals surface area contributed by atoms with Crippen LogP contribution in [0.4, 0.5) is 22.0 Å². The highest BCUT2D eigenvalue weighted by atomic mass is 19.4. The van der Waals surface area contributed by atoms with Crippen molar-refractivity contribution in [3.05, 3.63) is 70.8 Å². The van der Waals surface area contributed by atoms with E-state index in [4.69, 9.17) is 0 Å². The summed E-state index contributed by atoms with van der Waals surface area (Å²) in [7, 11) is 0. The second-order valence-electron chi connectivity index (χ2n) is 6.98. The van der Waals surface area contributed by atoms with Crippen LogP contribution >= 0.6 is 0 Å². The fraction of sp³-hybridized carbons (Fsp3) is 0.333. The highest BCUT2D eigenvalue weighted by Gasteiger charge is 2.34. The molecule has 4 nitrogen and oxygen atoms in total. The van der Waals surface area contributed by atoms with Crippen molar-refractivity contribution in [3.8, 4) is 0 Å². The molecule has 2 amide bonds. The Balaban J connectivity index is 1.67. The molecule has 2 aromatic rings. The van der Waals surface area contributed by atoms with Gasteiger partial charge >= 0.3 is 6.18 Å². The SMILES string of the molecule is O=C(Cc1ccccc1C(F)(F)F)N1CCCN(C(=O)c2ccc(F)cc2F)CC1. The normalized spacial score (nSPS) is 15.1. The zero-order chi connectivity index (χ0) is 21.9. The Morgan fingerprint density at radius 1 is 0.900 bits per heavy atom. The molecule has 0 aliphatic carbocycles. The zero-order valence-corrected chi connectivity index (χ0v) is 15.9. The first kappa shape index (κ1) is 21.7. The van der Waals surface area contributed by atoms with E-state index in [2.05, 4.69) is 0 Å². The van der Waals surface area contributed by atoms with Gasteiger partial charge in [-0.25, -0.2) is 8.78 Å². The number of rotatable bonds is 3. The third-order valence-corrected chi connectivity index (χ3v) is 4.96. The summed E-state index contributed by atoms with van der Waals surface area (Å²) in [4.78, 5) is 27.9. The van der Waals surface area contributed by atoms with Gasteiger partial charge in [0.1, 0.15) is 11.6 Å². The van der Waals surface area contributed by atoms with Crippen LogP contribution in [-0.4, -0.2) is 47.8 Å². The molecule has 0 atom stereocenters. The number of alkyl halides is 3. The van der Waals surface area contributed by atoms with E-state index < -0.39 is 41.6 Å². The third-order valence-electron chi connectivity index (χ3n) is 4.96. The maximum absolute atomic E-state index is 13.9. The molecule has 0 N–H and O–H groups in total. The minimum Gasteiger partial charge on any atom is -0.341 e. The van der Waals surface area contributed by atoms with E-state index >= 15 is 0 Å². The number of benzene rings is 2. The molecule has 1 aliphatic heterocycles. The van der Waals surface area contributed by atoms with Gasteiger partial charge in [-0.1, -0.05) is 18.2 Å². The predicted molar refractivity (Wildman–Crippen MR) is 98.6 cm³/mol. The van der Waals surface area contributed by atoms with Crippen LogP contribution < -0.4 is 0 Å². The Kier molecular flexibility index (Phi) is 6.38. The first-order chi connectivity index (χ1) is 14.2. The summed E-state index contributed by atoms with van der Waals surface area (Å²) >= 11 is 0. The lowest BCUT2D eigenvalue weighted by molar-refractivity contribution is -0.138. The van der Waals surface area contributed by atoms with Gasteiger partial charge in [0, 0.05) is 32.2 Å². The summed E-state index contributed by atoms with van der Waals surface area (Å²) in [6, 6.07) is 7.59. The standard InChI is InChI=1S/C21H19F5N2O2/c22-15-6-7-16(18(23)13-15)20(30)28-9-3-8-27(10-11-28)19(29)12-14-4-1-2-5-17(14)21(24,25)26/h1-2,4-7,13H,3,8-12H2. The molecular weight excluding hydrogens is 407 g/mol. The van der Waals surface area contributed by atoms with Gasteiger partial charge in [-0.3, -0.25) is 9.59 Å². The summed E-state index contributed by atoms with van der Waals surface area (Å²) in [6.45, 7) is 0.727. The van der Waals surface area contributed by atoms with E-state index in [0.29, 0.717) is 12.5 Å². The summed E-state index contributed by atoms with van der Waals surface area (Å²) in [5.41, 5.74) is -1.23. The van der Waals surface area contributed by atoms with Crippen molar-refractivity contribution in [1.29, 1.82) is 0 Å². The minimum atomic E-state index is -4.56. The van der Waals surface area contributed by atoms with Gasteiger partial charge in [-0.2, -0.15) is 13.2 Å². The summed E-state index contributed by atoms with van der Waals surface area (Å²) < 4.78 is 66.4. The molecule has 9 heteroatoms. The molecule has 0 radical (unpaired) electrons. The molecule has 30 heavy (non-hydrogen) atoms. The quantitative estimate of drug-likeness (QED) is 0.699. The minimum absolute atomic E-state index is 0.0995. The van der Waals surface area contributed by atoms with E-state index in [1.54, 1.807) is 0 Å². The second kappa shape index (κ2) is 8.81. The van der Waals surface area contributed by atoms with Gasteiger partial charge < -0.3 is 9.80 Å². The molecule has 1 heterocycles. The maximum Gasteiger partial charge on any atom is 0.416 e. The van der Waals surface area contributed by atoms with E-state index in [0.717, 1.165) is 18.2 Å². The van der Waals surface area contributed by atoms with Crippen molar-refractivity contribution < 1.29 is 31.5 Å². The molecule has 0 bridgehead atoms. The summed E-state index contributed by atoms with van der Waals surface area (Å²) in [6.07, 6.45) is -4.57. The summed E-state index contributed by atoms with van der Waals surface area (Å²) in [5, 5.41) is 0. The highest BCUT2D eigenvalue weighted by molar-refractivity contribution is 5.94. The van der Waals surface area contributed by atoms with Gasteiger partial charge in [-0.05, 0) is 30.2 Å². The van der Waals surface area contributed by atoms with Gasteiger partial charge in [0.15, 0.2) is 0 Å². The largest absolute Gasteiger partial charge is 0.416 e. The average molecular weight is 426 g/mol. The molecule has 160 valence electrons. The van der Waals surface area contributed by atoms with Crippen LogP contribution in [0.5, 0.6) is 0 Å². The van der Waals surface area contributed by atoms with Crippen LogP contribution in [0.2, 0.25) is 0 Å². The average Bonchev–Trinajstić information content (AvgIpc) is 2.93. The lowest BCUT2D eigenvalue weighted by Crippen LogP contribution is -2.38. The molecule has 0 aromatic heterocycles. The lowest BCUT2D eigenvalue weighted by atomic mass is 10.0. The smallest absolute Gasteiger partial charge is 0.341 e. The van der Waals surface area contributed by atoms with Crippen LogP contribution in [0.25, 0.3) is 0 Å². The number of carbonyl (C=O) groups excluding carboxylic acids is 2. The second-order valence-corrected chi connectivity index (χ2v) is 6.98. The molecule has 2 aromatic carbocycles. The van der Waals surface area contributed by atoms with Crippen molar-refractivity contribution in [1.82, 2.24) is 9.80 Å². The predicted octanol–water partition coefficient (Wildman–Crippen LogP) is 3.90. The zero-order valence-electron chi connectivity index (χ0n) is 15.9. The molecule has 3 rings (SSSR count). The Hall–Kier alpha value is -2.97. The fourth-order valence-corrected chi connectivity index (χ4v) is 3.43. The van der Waals surface area contributed by atoms with Gasteiger partial charge in [0.05, 0.1) is 17.5 Å². The number of carbonyl (C=O) groups is 2. The highest BCUT2D eigenvalue weighted by Crippen LogP contribution is 2.32. The number of hydrogen-bond donors (Lipinski definition) is 0. The number of hydrogen-bond acceptors (Lipinski definition) is 2. The summed E-state index contributed by atoms with van der Waals surface area (Å²) in [5.74, 6) is -2.87. The molecular formula is C21H19F5N2O2. The van der Waals surface area contributed by atoms with Crippen LogP contribution in [0.15, 0.2) is 42.5 Å². The molecule has 0 unspecified atom stereocenters. The Bertz CT molecular complexity index is 945. The van der Waals surface area contributed by atoms with Gasteiger partial charge in [0.25, 0.3) is 5.91 Å². The Morgan fingerprint density at radius 3 is 2.27 bits per heavy atom. The van der Waals surface area contributed by atoms with Gasteiger partial charge in [-0.15, -0.1) is 0 Å². The number of amides is 2. The first-order valence-corrected chi connectivity index (χ1v) is 9.34.